The smallest absolute Gasteiger partial charge is 0.305 e. The highest BCUT2D eigenvalue weighted by atomic mass is 16.6. The third-order valence-corrected chi connectivity index (χ3v) is 3.55. The molecule has 1 N–H and O–H groups in total. The molecular formula is C12H19N5O2. The van der Waals surface area contributed by atoms with Gasteiger partial charge in [0.2, 0.25) is 5.95 Å². The van der Waals surface area contributed by atoms with Crippen molar-refractivity contribution in [2.45, 2.75) is 19.8 Å². The number of aromatic nitrogens is 2. The van der Waals surface area contributed by atoms with E-state index in [9.17, 15) is 10.1 Å². The van der Waals surface area contributed by atoms with Crippen molar-refractivity contribution < 1.29 is 4.92 Å². The van der Waals surface area contributed by atoms with Gasteiger partial charge in [0.25, 0.3) is 0 Å². The van der Waals surface area contributed by atoms with Gasteiger partial charge in [-0.1, -0.05) is 6.92 Å². The second-order valence-electron chi connectivity index (χ2n) is 4.78. The van der Waals surface area contributed by atoms with Crippen molar-refractivity contribution in [3.63, 3.8) is 0 Å². The Kier molecular flexibility index (Phi) is 4.62. The van der Waals surface area contributed by atoms with Crippen LogP contribution < -0.4 is 5.32 Å². The normalized spacial score (nSPS) is 17.3. The van der Waals surface area contributed by atoms with Crippen LogP contribution in [0.4, 0.5) is 11.6 Å². The summed E-state index contributed by atoms with van der Waals surface area (Å²) in [5.74, 6) is 1.09. The topological polar surface area (TPSA) is 84.2 Å². The number of nitrogens with zero attached hydrogens (tertiary/aromatic N) is 4. The summed E-state index contributed by atoms with van der Waals surface area (Å²) in [4.78, 5) is 20.3. The summed E-state index contributed by atoms with van der Waals surface area (Å²) < 4.78 is 0. The van der Waals surface area contributed by atoms with Gasteiger partial charge in [-0.05, 0) is 38.4 Å². The molecular weight excluding hydrogens is 246 g/mol. The maximum atomic E-state index is 10.5. The molecule has 1 aromatic heterocycles. The van der Waals surface area contributed by atoms with Crippen LogP contribution in [-0.4, -0.2) is 46.0 Å². The maximum absolute atomic E-state index is 10.5. The molecule has 1 fully saturated rings. The van der Waals surface area contributed by atoms with Crippen molar-refractivity contribution in [1.29, 1.82) is 0 Å². The lowest BCUT2D eigenvalue weighted by atomic mass is 9.97. The van der Waals surface area contributed by atoms with Crippen LogP contribution in [0, 0.1) is 16.0 Å². The van der Waals surface area contributed by atoms with Gasteiger partial charge in [-0.25, -0.2) is 9.97 Å². The first kappa shape index (κ1) is 13.7. The first-order valence-electron chi connectivity index (χ1n) is 6.61. The first-order valence-corrected chi connectivity index (χ1v) is 6.61. The lowest BCUT2D eigenvalue weighted by Gasteiger charge is -2.30. The number of piperidine rings is 1. The standard InChI is InChI=1S/C12H19N5O2/c1-2-16-5-3-10(4-6-16)7-13-12-14-8-11(9-15-12)17(18)19/h8-10H,2-7H2,1H3,(H,13,14,15). The van der Waals surface area contributed by atoms with Crippen molar-refractivity contribution in [1.82, 2.24) is 14.9 Å². The lowest BCUT2D eigenvalue weighted by molar-refractivity contribution is -0.385. The molecule has 7 heteroatoms. The Labute approximate surface area is 112 Å². The number of nitrogens with one attached hydrogen (secondary N) is 1. The third kappa shape index (κ3) is 3.85. The van der Waals surface area contributed by atoms with E-state index in [1.54, 1.807) is 0 Å². The summed E-state index contributed by atoms with van der Waals surface area (Å²) in [6.07, 6.45) is 4.81. The molecule has 0 radical (unpaired) electrons. The molecule has 0 saturated carbocycles. The Morgan fingerprint density at radius 2 is 2.05 bits per heavy atom. The van der Waals surface area contributed by atoms with Crippen molar-refractivity contribution in [3.05, 3.63) is 22.5 Å². The van der Waals surface area contributed by atoms with Gasteiger partial charge in [-0.3, -0.25) is 10.1 Å². The SMILES string of the molecule is CCN1CCC(CNc2ncc([N+](=O)[O-])cn2)CC1. The largest absolute Gasteiger partial charge is 0.354 e. The van der Waals surface area contributed by atoms with Crippen LogP contribution in [0.15, 0.2) is 12.4 Å². The Morgan fingerprint density at radius 3 is 2.58 bits per heavy atom. The number of anilines is 1. The Morgan fingerprint density at radius 1 is 1.42 bits per heavy atom. The van der Waals surface area contributed by atoms with Gasteiger partial charge >= 0.3 is 5.69 Å². The second-order valence-corrected chi connectivity index (χ2v) is 4.78. The monoisotopic (exact) mass is 265 g/mol. The van der Waals surface area contributed by atoms with Crippen molar-refractivity contribution >= 4 is 11.6 Å². The molecule has 0 amide bonds. The molecule has 1 aliphatic heterocycles. The van der Waals surface area contributed by atoms with Crippen LogP contribution in [0.2, 0.25) is 0 Å². The highest BCUT2D eigenvalue weighted by Crippen LogP contribution is 2.17. The second kappa shape index (κ2) is 6.42. The quantitative estimate of drug-likeness (QED) is 0.642. The Balaban J connectivity index is 1.78. The molecule has 19 heavy (non-hydrogen) atoms. The van der Waals surface area contributed by atoms with Crippen molar-refractivity contribution in [2.24, 2.45) is 5.92 Å². The molecule has 0 spiro atoms. The molecule has 0 unspecified atom stereocenters. The molecule has 1 saturated heterocycles. The molecule has 104 valence electrons. The zero-order valence-corrected chi connectivity index (χ0v) is 11.1. The summed E-state index contributed by atoms with van der Waals surface area (Å²) >= 11 is 0. The van der Waals surface area contributed by atoms with Crippen molar-refractivity contribution in [2.75, 3.05) is 31.5 Å². The minimum atomic E-state index is -0.496. The fourth-order valence-corrected chi connectivity index (χ4v) is 2.25. The number of nitro groups is 1. The summed E-state index contributed by atoms with van der Waals surface area (Å²) in [6, 6.07) is 0. The van der Waals surface area contributed by atoms with Crippen LogP contribution >= 0.6 is 0 Å². The molecule has 1 aromatic rings. The molecule has 0 bridgehead atoms. The van der Waals surface area contributed by atoms with Crippen LogP contribution in [0.5, 0.6) is 0 Å². The first-order chi connectivity index (χ1) is 9.19. The zero-order valence-electron chi connectivity index (χ0n) is 11.1. The van der Waals surface area contributed by atoms with Crippen LogP contribution in [0.25, 0.3) is 0 Å². The predicted octanol–water partition coefficient (Wildman–Crippen LogP) is 1.53. The molecule has 0 aromatic carbocycles. The van der Waals surface area contributed by atoms with Crippen LogP contribution in [0.3, 0.4) is 0 Å². The predicted molar refractivity (Wildman–Crippen MR) is 72.0 cm³/mol. The summed E-state index contributed by atoms with van der Waals surface area (Å²) in [7, 11) is 0. The summed E-state index contributed by atoms with van der Waals surface area (Å²) in [6.45, 7) is 6.41. The van der Waals surface area contributed by atoms with E-state index in [2.05, 4.69) is 27.1 Å². The number of rotatable bonds is 5. The Bertz CT molecular complexity index is 415. The van der Waals surface area contributed by atoms with Gasteiger partial charge < -0.3 is 10.2 Å². The molecule has 0 aliphatic carbocycles. The van der Waals surface area contributed by atoms with Gasteiger partial charge in [0.15, 0.2) is 0 Å². The van der Waals surface area contributed by atoms with Gasteiger partial charge in [-0.15, -0.1) is 0 Å². The van der Waals surface area contributed by atoms with Crippen LogP contribution in [-0.2, 0) is 0 Å². The van der Waals surface area contributed by atoms with E-state index in [1.807, 2.05) is 0 Å². The molecule has 7 nitrogen and oxygen atoms in total. The van der Waals surface area contributed by atoms with E-state index in [0.717, 1.165) is 26.2 Å². The molecule has 2 rings (SSSR count). The van der Waals surface area contributed by atoms with Gasteiger partial charge in [0.05, 0.1) is 4.92 Å². The van der Waals surface area contributed by atoms with E-state index in [1.165, 1.54) is 25.2 Å². The Hall–Kier alpha value is -1.76. The highest BCUT2D eigenvalue weighted by molar-refractivity contribution is 5.30. The average molecular weight is 265 g/mol. The fraction of sp³-hybridized carbons (Fsp3) is 0.667. The fourth-order valence-electron chi connectivity index (χ4n) is 2.25. The zero-order chi connectivity index (χ0) is 13.7. The van der Waals surface area contributed by atoms with Crippen molar-refractivity contribution in [3.8, 4) is 0 Å². The number of likely N-dealkylation sites (tertiary alicyclic amines) is 1. The van der Waals surface area contributed by atoms with E-state index >= 15 is 0 Å². The van der Waals surface area contributed by atoms with E-state index in [0.29, 0.717) is 11.9 Å². The van der Waals surface area contributed by atoms with Gasteiger partial charge in [0.1, 0.15) is 12.4 Å². The minimum Gasteiger partial charge on any atom is -0.354 e. The molecule has 0 atom stereocenters. The van der Waals surface area contributed by atoms with E-state index in [-0.39, 0.29) is 5.69 Å². The summed E-state index contributed by atoms with van der Waals surface area (Å²) in [5.41, 5.74) is -0.0817. The average Bonchev–Trinajstić information content (AvgIpc) is 2.46. The third-order valence-electron chi connectivity index (χ3n) is 3.55. The summed E-state index contributed by atoms with van der Waals surface area (Å²) in [5, 5.41) is 13.6. The van der Waals surface area contributed by atoms with E-state index in [4.69, 9.17) is 0 Å². The number of hydrogen-bond donors (Lipinski definition) is 1. The molecule has 1 aliphatic rings. The van der Waals surface area contributed by atoms with Crippen LogP contribution in [0.1, 0.15) is 19.8 Å². The van der Waals surface area contributed by atoms with Gasteiger partial charge in [-0.2, -0.15) is 0 Å². The van der Waals surface area contributed by atoms with Gasteiger partial charge in [0, 0.05) is 6.54 Å². The van der Waals surface area contributed by atoms with E-state index < -0.39 is 4.92 Å². The lowest BCUT2D eigenvalue weighted by Crippen LogP contribution is -2.35. The number of hydrogen-bond acceptors (Lipinski definition) is 6. The highest BCUT2D eigenvalue weighted by Gasteiger charge is 2.18. The minimum absolute atomic E-state index is 0.0817. The molecule has 2 heterocycles. The maximum Gasteiger partial charge on any atom is 0.305 e.